The van der Waals surface area contributed by atoms with E-state index in [9.17, 15) is 18.0 Å². The van der Waals surface area contributed by atoms with Crippen LogP contribution in [0.2, 0.25) is 0 Å². The molecule has 0 saturated carbocycles. The lowest BCUT2D eigenvalue weighted by Crippen LogP contribution is -2.51. The van der Waals surface area contributed by atoms with E-state index in [-0.39, 0.29) is 6.54 Å². The topological polar surface area (TPSA) is 29.5 Å². The Balaban J connectivity index is 0.000000956. The molecule has 1 amide bonds. The van der Waals surface area contributed by atoms with Crippen LogP contribution in [0.5, 0.6) is 0 Å². The maximum absolute atomic E-state index is 12.5. The molecule has 0 N–H and O–H groups in total. The van der Waals surface area contributed by atoms with Crippen molar-refractivity contribution in [2.45, 2.75) is 32.7 Å². The van der Waals surface area contributed by atoms with Gasteiger partial charge in [0.1, 0.15) is 6.61 Å². The first-order chi connectivity index (χ1) is 9.47. The first-order valence-corrected chi connectivity index (χ1v) is 6.47. The minimum absolute atomic E-state index is 0.176. The maximum atomic E-state index is 12.5. The number of halogens is 3. The summed E-state index contributed by atoms with van der Waals surface area (Å²) in [5.41, 5.74) is 0.800. The number of ether oxygens (including phenoxy) is 1. The Bertz CT molecular complexity index is 420. The molecule has 0 aliphatic carbocycles. The van der Waals surface area contributed by atoms with Crippen molar-refractivity contribution in [2.75, 3.05) is 13.2 Å². The summed E-state index contributed by atoms with van der Waals surface area (Å²) in [6.45, 7) is 3.21. The number of carbonyl (C=O) groups is 1. The van der Waals surface area contributed by atoms with E-state index in [1.165, 1.54) is 4.90 Å². The van der Waals surface area contributed by atoms with Crippen molar-refractivity contribution in [3.05, 3.63) is 35.9 Å². The number of amides is 1. The molecule has 1 fully saturated rings. The number of hydrogen-bond donors (Lipinski definition) is 0. The lowest BCUT2D eigenvalue weighted by molar-refractivity contribution is -0.235. The number of rotatable bonds is 2. The number of alkyl halides is 3. The van der Waals surface area contributed by atoms with Crippen LogP contribution >= 0.6 is 0 Å². The molecule has 0 bridgehead atoms. The molecule has 2 rings (SSSR count). The van der Waals surface area contributed by atoms with E-state index >= 15 is 0 Å². The Morgan fingerprint density at radius 1 is 1.25 bits per heavy atom. The summed E-state index contributed by atoms with van der Waals surface area (Å²) in [6, 6.07) is 8.91. The molecule has 1 saturated heterocycles. The Morgan fingerprint density at radius 3 is 2.40 bits per heavy atom. The summed E-state index contributed by atoms with van der Waals surface area (Å²) in [4.78, 5) is 12.7. The number of nitrogens with zero attached hydrogens (tertiary/aromatic N) is 1. The van der Waals surface area contributed by atoms with E-state index in [1.54, 1.807) is 24.3 Å². The molecular weight excluding hydrogens is 271 g/mol. The van der Waals surface area contributed by atoms with Gasteiger partial charge in [-0.05, 0) is 5.56 Å². The molecular formula is C14H18F3NO2. The summed E-state index contributed by atoms with van der Waals surface area (Å²) in [6.07, 6.45) is -6.32. The quantitative estimate of drug-likeness (QED) is 0.837. The molecule has 0 radical (unpaired) electrons. The molecule has 0 aromatic heterocycles. The van der Waals surface area contributed by atoms with Crippen molar-refractivity contribution in [1.29, 1.82) is 0 Å². The standard InChI is InChI=1S/C12H12F3NO2.C2H6/c13-12(14,15)10-7-16(11(17)8-18-10)6-9-4-2-1-3-5-9;1-2/h1-5,10H,6-8H2;1-2H3. The van der Waals surface area contributed by atoms with Crippen molar-refractivity contribution in [3.8, 4) is 0 Å². The highest BCUT2D eigenvalue weighted by molar-refractivity contribution is 5.78. The number of hydrogen-bond acceptors (Lipinski definition) is 2. The van der Waals surface area contributed by atoms with Crippen LogP contribution in [0.4, 0.5) is 13.2 Å². The molecule has 1 aromatic carbocycles. The van der Waals surface area contributed by atoms with Crippen LogP contribution in [-0.4, -0.2) is 36.2 Å². The third-order valence-electron chi connectivity index (χ3n) is 2.73. The van der Waals surface area contributed by atoms with Gasteiger partial charge in [-0.15, -0.1) is 0 Å². The van der Waals surface area contributed by atoms with Crippen LogP contribution in [0.25, 0.3) is 0 Å². The highest BCUT2D eigenvalue weighted by atomic mass is 19.4. The lowest BCUT2D eigenvalue weighted by atomic mass is 10.2. The first-order valence-electron chi connectivity index (χ1n) is 6.47. The Hall–Kier alpha value is -1.56. The Kier molecular flexibility index (Phi) is 6.01. The molecule has 1 heterocycles. The van der Waals surface area contributed by atoms with Crippen LogP contribution in [0, 0.1) is 0 Å². The average molecular weight is 289 g/mol. The zero-order valence-electron chi connectivity index (χ0n) is 11.5. The summed E-state index contributed by atoms with van der Waals surface area (Å²) < 4.78 is 42.1. The van der Waals surface area contributed by atoms with E-state index in [4.69, 9.17) is 0 Å². The first kappa shape index (κ1) is 16.5. The summed E-state index contributed by atoms with van der Waals surface area (Å²) in [5.74, 6) is -0.417. The average Bonchev–Trinajstić information content (AvgIpc) is 2.43. The van der Waals surface area contributed by atoms with Gasteiger partial charge >= 0.3 is 6.18 Å². The predicted octanol–water partition coefficient (Wildman–Crippen LogP) is 3.00. The van der Waals surface area contributed by atoms with Crippen LogP contribution in [-0.2, 0) is 16.1 Å². The van der Waals surface area contributed by atoms with Gasteiger partial charge in [0.2, 0.25) is 5.91 Å². The maximum Gasteiger partial charge on any atom is 0.416 e. The van der Waals surface area contributed by atoms with Gasteiger partial charge in [-0.1, -0.05) is 44.2 Å². The highest BCUT2D eigenvalue weighted by Gasteiger charge is 2.45. The fourth-order valence-corrected chi connectivity index (χ4v) is 1.77. The van der Waals surface area contributed by atoms with Gasteiger partial charge in [0.25, 0.3) is 0 Å². The third-order valence-corrected chi connectivity index (χ3v) is 2.73. The third kappa shape index (κ3) is 4.52. The molecule has 1 aliphatic heterocycles. The molecule has 1 unspecified atom stereocenters. The van der Waals surface area contributed by atoms with Crippen molar-refractivity contribution in [1.82, 2.24) is 4.90 Å². The van der Waals surface area contributed by atoms with Gasteiger partial charge in [-0.25, -0.2) is 0 Å². The largest absolute Gasteiger partial charge is 0.416 e. The highest BCUT2D eigenvalue weighted by Crippen LogP contribution is 2.26. The SMILES string of the molecule is CC.O=C1COC(C(F)(F)F)CN1Cc1ccccc1. The zero-order chi connectivity index (χ0) is 15.2. The molecule has 1 atom stereocenters. The van der Waals surface area contributed by atoms with Gasteiger partial charge in [-0.3, -0.25) is 4.79 Å². The van der Waals surface area contributed by atoms with Crippen LogP contribution < -0.4 is 0 Å². The number of benzene rings is 1. The van der Waals surface area contributed by atoms with E-state index in [0.717, 1.165) is 5.56 Å². The molecule has 6 heteroatoms. The second kappa shape index (κ2) is 7.28. The molecule has 1 aromatic rings. The van der Waals surface area contributed by atoms with Crippen LogP contribution in [0.1, 0.15) is 19.4 Å². The zero-order valence-corrected chi connectivity index (χ0v) is 11.5. The van der Waals surface area contributed by atoms with Crippen molar-refractivity contribution in [2.24, 2.45) is 0 Å². The lowest BCUT2D eigenvalue weighted by Gasteiger charge is -2.33. The normalized spacial score (nSPS) is 19.4. The van der Waals surface area contributed by atoms with Crippen molar-refractivity contribution < 1.29 is 22.7 Å². The molecule has 1 aliphatic rings. The molecule has 0 spiro atoms. The van der Waals surface area contributed by atoms with Crippen molar-refractivity contribution >= 4 is 5.91 Å². The Morgan fingerprint density at radius 2 is 1.85 bits per heavy atom. The van der Waals surface area contributed by atoms with Crippen LogP contribution in [0.3, 0.4) is 0 Å². The van der Waals surface area contributed by atoms with Gasteiger partial charge in [0.15, 0.2) is 6.10 Å². The molecule has 112 valence electrons. The van der Waals surface area contributed by atoms with Crippen LogP contribution in [0.15, 0.2) is 30.3 Å². The van der Waals surface area contributed by atoms with E-state index in [1.807, 2.05) is 19.9 Å². The monoisotopic (exact) mass is 289 g/mol. The smallest absolute Gasteiger partial charge is 0.357 e. The van der Waals surface area contributed by atoms with Crippen molar-refractivity contribution in [3.63, 3.8) is 0 Å². The minimum atomic E-state index is -4.43. The van der Waals surface area contributed by atoms with Gasteiger partial charge in [0, 0.05) is 6.54 Å². The van der Waals surface area contributed by atoms with E-state index < -0.39 is 31.3 Å². The van der Waals surface area contributed by atoms with Gasteiger partial charge in [-0.2, -0.15) is 13.2 Å². The minimum Gasteiger partial charge on any atom is -0.357 e. The summed E-state index contributed by atoms with van der Waals surface area (Å²) >= 11 is 0. The molecule has 20 heavy (non-hydrogen) atoms. The summed E-state index contributed by atoms with van der Waals surface area (Å²) in [5, 5.41) is 0. The Labute approximate surface area is 116 Å². The summed E-state index contributed by atoms with van der Waals surface area (Å²) in [7, 11) is 0. The second-order valence-corrected chi connectivity index (χ2v) is 4.10. The van der Waals surface area contributed by atoms with Gasteiger partial charge in [0.05, 0.1) is 6.54 Å². The van der Waals surface area contributed by atoms with E-state index in [2.05, 4.69) is 4.74 Å². The number of carbonyl (C=O) groups excluding carboxylic acids is 1. The van der Waals surface area contributed by atoms with E-state index in [0.29, 0.717) is 0 Å². The van der Waals surface area contributed by atoms with Gasteiger partial charge < -0.3 is 9.64 Å². The fourth-order valence-electron chi connectivity index (χ4n) is 1.77. The molecule has 3 nitrogen and oxygen atoms in total. The number of morpholine rings is 1. The predicted molar refractivity (Wildman–Crippen MR) is 69.0 cm³/mol. The second-order valence-electron chi connectivity index (χ2n) is 4.10. The fraction of sp³-hybridized carbons (Fsp3) is 0.500.